The summed E-state index contributed by atoms with van der Waals surface area (Å²) in [6.07, 6.45) is 1.65. The Kier molecular flexibility index (Phi) is 7.22. The van der Waals surface area contributed by atoms with Crippen molar-refractivity contribution >= 4 is 17.4 Å². The summed E-state index contributed by atoms with van der Waals surface area (Å²) in [4.78, 5) is 30.0. The van der Waals surface area contributed by atoms with E-state index in [9.17, 15) is 14.7 Å². The molecular weight excluding hydrogens is 420 g/mol. The molecule has 2 fully saturated rings. The summed E-state index contributed by atoms with van der Waals surface area (Å²) < 4.78 is 11.1. The van der Waals surface area contributed by atoms with Crippen LogP contribution in [0.4, 0.5) is 0 Å². The van der Waals surface area contributed by atoms with Crippen LogP contribution in [-0.2, 0) is 14.3 Å². The number of aliphatic hydroxyl groups excluding tert-OH is 1. The number of amides is 1. The Morgan fingerprint density at radius 2 is 1.85 bits per heavy atom. The molecule has 0 aliphatic carbocycles. The zero-order valence-corrected chi connectivity index (χ0v) is 18.5. The first-order chi connectivity index (χ1) is 16.1. The Bertz CT molecular complexity index is 1040. The summed E-state index contributed by atoms with van der Waals surface area (Å²) in [7, 11) is 0. The lowest BCUT2D eigenvalue weighted by atomic mass is 9.95. The lowest BCUT2D eigenvalue weighted by molar-refractivity contribution is -0.140. The van der Waals surface area contributed by atoms with Crippen molar-refractivity contribution in [2.24, 2.45) is 0 Å². The number of ether oxygens (including phenoxy) is 2. The van der Waals surface area contributed by atoms with Gasteiger partial charge in [-0.05, 0) is 17.7 Å². The number of Topliss-reactive ketones (excluding diaryl/α,β-unsaturated/α-hetero) is 1. The molecule has 1 amide bonds. The first-order valence-corrected chi connectivity index (χ1v) is 11.1. The minimum Gasteiger partial charge on any atom is -0.507 e. The van der Waals surface area contributed by atoms with E-state index in [1.807, 2.05) is 24.3 Å². The van der Waals surface area contributed by atoms with E-state index >= 15 is 0 Å². The van der Waals surface area contributed by atoms with E-state index in [1.54, 1.807) is 41.3 Å². The number of aliphatic hydroxyl groups is 1. The number of rotatable bonds is 8. The standard InChI is InChI=1S/C26H28N2O5/c1-2-15-33-21-10-6-9-20(18-21)23-22(24(29)19-7-4-3-5-8-19)25(30)26(31)28(23)12-11-27-13-16-32-17-14-27/h2-10,18,23,29H,1,11-17H2/t23-/m0/s1. The molecular formula is C26H28N2O5. The monoisotopic (exact) mass is 448 g/mol. The summed E-state index contributed by atoms with van der Waals surface area (Å²) in [6.45, 7) is 7.85. The van der Waals surface area contributed by atoms with Gasteiger partial charge in [0.2, 0.25) is 0 Å². The quantitative estimate of drug-likeness (QED) is 0.290. The molecule has 0 saturated carbocycles. The molecule has 172 valence electrons. The highest BCUT2D eigenvalue weighted by molar-refractivity contribution is 6.46. The van der Waals surface area contributed by atoms with Crippen LogP contribution in [0.5, 0.6) is 5.75 Å². The number of morpholine rings is 1. The van der Waals surface area contributed by atoms with Crippen molar-refractivity contribution in [1.29, 1.82) is 0 Å². The second-order valence-electron chi connectivity index (χ2n) is 7.98. The van der Waals surface area contributed by atoms with E-state index in [2.05, 4.69) is 11.5 Å². The minimum atomic E-state index is -0.710. The van der Waals surface area contributed by atoms with Crippen molar-refractivity contribution in [1.82, 2.24) is 9.80 Å². The third-order valence-corrected chi connectivity index (χ3v) is 5.89. The van der Waals surface area contributed by atoms with Gasteiger partial charge >= 0.3 is 0 Å². The van der Waals surface area contributed by atoms with Gasteiger partial charge in [0.05, 0.1) is 24.8 Å². The Morgan fingerprint density at radius 1 is 1.09 bits per heavy atom. The summed E-state index contributed by atoms with van der Waals surface area (Å²) >= 11 is 0. The predicted molar refractivity (Wildman–Crippen MR) is 125 cm³/mol. The maximum absolute atomic E-state index is 13.1. The number of carbonyl (C=O) groups is 2. The zero-order valence-electron chi connectivity index (χ0n) is 18.5. The summed E-state index contributed by atoms with van der Waals surface area (Å²) in [5.74, 6) is -0.861. The lowest BCUT2D eigenvalue weighted by Crippen LogP contribution is -2.42. The topological polar surface area (TPSA) is 79.3 Å². The molecule has 0 aromatic heterocycles. The van der Waals surface area contributed by atoms with Crippen LogP contribution in [0.25, 0.3) is 5.76 Å². The Hall–Kier alpha value is -3.42. The highest BCUT2D eigenvalue weighted by atomic mass is 16.5. The van der Waals surface area contributed by atoms with Crippen molar-refractivity contribution in [2.45, 2.75) is 6.04 Å². The average Bonchev–Trinajstić information content (AvgIpc) is 3.12. The molecule has 0 bridgehead atoms. The SMILES string of the molecule is C=CCOc1cccc([C@H]2C(=C(O)c3ccccc3)C(=O)C(=O)N2CCN2CCOCC2)c1. The Balaban J connectivity index is 1.73. The van der Waals surface area contributed by atoms with Crippen LogP contribution in [0.1, 0.15) is 17.2 Å². The van der Waals surface area contributed by atoms with Crippen molar-refractivity contribution in [3.63, 3.8) is 0 Å². The van der Waals surface area contributed by atoms with Gasteiger partial charge < -0.3 is 19.5 Å². The molecule has 2 heterocycles. The molecule has 0 spiro atoms. The molecule has 2 aromatic rings. The van der Waals surface area contributed by atoms with E-state index in [0.717, 1.165) is 13.1 Å². The van der Waals surface area contributed by atoms with Gasteiger partial charge in [0.25, 0.3) is 11.7 Å². The molecule has 7 heteroatoms. The molecule has 0 radical (unpaired) electrons. The average molecular weight is 449 g/mol. The van der Waals surface area contributed by atoms with Crippen LogP contribution in [0.15, 0.2) is 72.8 Å². The maximum atomic E-state index is 13.1. The van der Waals surface area contributed by atoms with Crippen LogP contribution in [0, 0.1) is 0 Å². The fourth-order valence-electron chi connectivity index (χ4n) is 4.21. The van der Waals surface area contributed by atoms with Gasteiger partial charge in [-0.25, -0.2) is 0 Å². The molecule has 0 unspecified atom stereocenters. The number of ketones is 1. The van der Waals surface area contributed by atoms with Crippen LogP contribution < -0.4 is 4.74 Å². The molecule has 2 aliphatic rings. The summed E-state index contributed by atoms with van der Waals surface area (Å²) in [5.41, 5.74) is 1.29. The van der Waals surface area contributed by atoms with Crippen molar-refractivity contribution < 1.29 is 24.2 Å². The second-order valence-corrected chi connectivity index (χ2v) is 7.98. The second kappa shape index (κ2) is 10.5. The number of hydrogen-bond acceptors (Lipinski definition) is 6. The first-order valence-electron chi connectivity index (χ1n) is 11.1. The third-order valence-electron chi connectivity index (χ3n) is 5.89. The van der Waals surface area contributed by atoms with Gasteiger partial charge in [-0.2, -0.15) is 0 Å². The highest BCUT2D eigenvalue weighted by Crippen LogP contribution is 2.40. The van der Waals surface area contributed by atoms with Crippen LogP contribution in [0.3, 0.4) is 0 Å². The molecule has 2 saturated heterocycles. The highest BCUT2D eigenvalue weighted by Gasteiger charge is 2.46. The van der Waals surface area contributed by atoms with E-state index in [0.29, 0.717) is 49.8 Å². The van der Waals surface area contributed by atoms with Gasteiger partial charge in [-0.15, -0.1) is 0 Å². The Labute approximate surface area is 193 Å². The number of hydrogen-bond donors (Lipinski definition) is 1. The van der Waals surface area contributed by atoms with E-state index in [4.69, 9.17) is 9.47 Å². The molecule has 2 aromatic carbocycles. The van der Waals surface area contributed by atoms with E-state index < -0.39 is 17.7 Å². The maximum Gasteiger partial charge on any atom is 0.295 e. The van der Waals surface area contributed by atoms with Crippen molar-refractivity contribution in [3.8, 4) is 5.75 Å². The number of likely N-dealkylation sites (tertiary alicyclic amines) is 1. The van der Waals surface area contributed by atoms with E-state index in [1.165, 1.54) is 0 Å². The van der Waals surface area contributed by atoms with Gasteiger partial charge in [0, 0.05) is 31.7 Å². The van der Waals surface area contributed by atoms with Crippen LogP contribution >= 0.6 is 0 Å². The van der Waals surface area contributed by atoms with Gasteiger partial charge in [-0.3, -0.25) is 14.5 Å². The molecule has 4 rings (SSSR count). The fraction of sp³-hybridized carbons (Fsp3) is 0.308. The summed E-state index contributed by atoms with van der Waals surface area (Å²) in [5, 5.41) is 11.1. The van der Waals surface area contributed by atoms with Gasteiger partial charge in [0.1, 0.15) is 18.1 Å². The first kappa shape index (κ1) is 22.8. The number of nitrogens with zero attached hydrogens (tertiary/aromatic N) is 2. The molecule has 1 N–H and O–H groups in total. The smallest absolute Gasteiger partial charge is 0.295 e. The van der Waals surface area contributed by atoms with Gasteiger partial charge in [-0.1, -0.05) is 55.1 Å². The number of benzene rings is 2. The molecule has 33 heavy (non-hydrogen) atoms. The molecule has 7 nitrogen and oxygen atoms in total. The summed E-state index contributed by atoms with van der Waals surface area (Å²) in [6, 6.07) is 15.4. The van der Waals surface area contributed by atoms with Crippen LogP contribution in [0.2, 0.25) is 0 Å². The largest absolute Gasteiger partial charge is 0.507 e. The number of carbonyl (C=O) groups excluding carboxylic acids is 2. The molecule has 2 aliphatic heterocycles. The normalized spacial score (nSPS) is 20.7. The van der Waals surface area contributed by atoms with Gasteiger partial charge in [0.15, 0.2) is 0 Å². The van der Waals surface area contributed by atoms with Crippen LogP contribution in [-0.4, -0.2) is 72.6 Å². The zero-order chi connectivity index (χ0) is 23.2. The van der Waals surface area contributed by atoms with Crippen molar-refractivity contribution in [3.05, 3.63) is 84.0 Å². The van der Waals surface area contributed by atoms with E-state index in [-0.39, 0.29) is 11.3 Å². The predicted octanol–water partition coefficient (Wildman–Crippen LogP) is 3.01. The van der Waals surface area contributed by atoms with Crippen molar-refractivity contribution in [2.75, 3.05) is 46.0 Å². The molecule has 1 atom stereocenters. The Morgan fingerprint density at radius 3 is 2.58 bits per heavy atom. The minimum absolute atomic E-state index is 0.0917. The fourth-order valence-corrected chi connectivity index (χ4v) is 4.21. The lowest BCUT2D eigenvalue weighted by Gasteiger charge is -2.31. The third kappa shape index (κ3) is 4.99.